The third kappa shape index (κ3) is 3.98. The van der Waals surface area contributed by atoms with E-state index in [1.807, 2.05) is 12.1 Å². The van der Waals surface area contributed by atoms with Gasteiger partial charge in [-0.2, -0.15) is 4.79 Å². The summed E-state index contributed by atoms with van der Waals surface area (Å²) in [5, 5.41) is 22.8. The molecule has 0 aliphatic carbocycles. The van der Waals surface area contributed by atoms with Crippen LogP contribution in [0.15, 0.2) is 81.2 Å². The summed E-state index contributed by atoms with van der Waals surface area (Å²) in [6.07, 6.45) is -0.648. The van der Waals surface area contributed by atoms with Gasteiger partial charge >= 0.3 is 16.8 Å². The summed E-state index contributed by atoms with van der Waals surface area (Å²) in [5.74, 6) is -0.376. The van der Waals surface area contributed by atoms with Crippen LogP contribution in [0.1, 0.15) is 6.92 Å². The monoisotopic (exact) mass is 437 g/mol. The number of aromatic nitrogens is 4. The van der Waals surface area contributed by atoms with Gasteiger partial charge in [-0.15, -0.1) is 10.2 Å². The molecule has 0 amide bonds. The molecule has 4 rings (SSSR count). The minimum absolute atomic E-state index is 0.116. The maximum absolute atomic E-state index is 13.1. The second-order valence-corrected chi connectivity index (χ2v) is 6.93. The molecule has 31 heavy (non-hydrogen) atoms. The van der Waals surface area contributed by atoms with Crippen LogP contribution in [-0.2, 0) is 4.74 Å². The third-order valence-electron chi connectivity index (χ3n) is 4.15. The number of carbonyl (C=O) groups excluding carboxylic acids is 1. The van der Waals surface area contributed by atoms with Crippen molar-refractivity contribution in [3.8, 4) is 17.3 Å². The van der Waals surface area contributed by atoms with Gasteiger partial charge in [0.2, 0.25) is 11.6 Å². The average molecular weight is 437 g/mol. The molecule has 0 bridgehead atoms. The standard InChI is InChI=1S/C20H16N6O4S/c1-2-30-20(29)24-13-31-19(23-24)22-21-16-17(27)25(14-9-5-3-6-10-14)26(18(16)28)15-11-7-4-8-12-15/h3-13H,2H2,1H3/p+1. The first-order chi connectivity index (χ1) is 15.1. The van der Waals surface area contributed by atoms with Gasteiger partial charge in [-0.1, -0.05) is 36.4 Å². The van der Waals surface area contributed by atoms with Gasteiger partial charge in [-0.25, -0.2) is 9.36 Å². The molecule has 0 saturated carbocycles. The molecule has 0 saturated heterocycles. The Balaban J connectivity index is 1.79. The van der Waals surface area contributed by atoms with Crippen LogP contribution >= 0.6 is 11.3 Å². The van der Waals surface area contributed by atoms with Crippen LogP contribution in [0.3, 0.4) is 0 Å². The lowest BCUT2D eigenvalue weighted by Gasteiger charge is -2.12. The van der Waals surface area contributed by atoms with E-state index in [9.17, 15) is 14.7 Å². The zero-order chi connectivity index (χ0) is 21.8. The number of aromatic hydroxyl groups is 1. The summed E-state index contributed by atoms with van der Waals surface area (Å²) >= 11 is 1.03. The molecule has 0 aliphatic heterocycles. The van der Waals surface area contributed by atoms with Crippen molar-refractivity contribution >= 4 is 28.2 Å². The summed E-state index contributed by atoms with van der Waals surface area (Å²) in [5.41, 5.74) is 1.69. The Morgan fingerprint density at radius 2 is 1.68 bits per heavy atom. The average Bonchev–Trinajstić information content (AvgIpc) is 3.36. The van der Waals surface area contributed by atoms with Crippen molar-refractivity contribution in [1.82, 2.24) is 14.5 Å². The first kappa shape index (κ1) is 20.2. The summed E-state index contributed by atoms with van der Waals surface area (Å²) in [6.45, 7) is 1.89. The fourth-order valence-electron chi connectivity index (χ4n) is 2.82. The van der Waals surface area contributed by atoms with Crippen molar-refractivity contribution in [2.75, 3.05) is 6.61 Å². The van der Waals surface area contributed by atoms with E-state index >= 15 is 0 Å². The molecule has 2 aromatic carbocycles. The molecule has 10 nitrogen and oxygen atoms in total. The minimum Gasteiger partial charge on any atom is -0.492 e. The maximum Gasteiger partial charge on any atom is 0.629 e. The quantitative estimate of drug-likeness (QED) is 0.379. The lowest BCUT2D eigenvalue weighted by Crippen LogP contribution is -2.44. The SMILES string of the molecule is CCOC(=O)[n+]1csc(N=Nc2c(O)n(-c3ccccc3)n(-c3ccccc3)c2=O)n1. The van der Waals surface area contributed by atoms with Crippen LogP contribution in [0.25, 0.3) is 11.4 Å². The van der Waals surface area contributed by atoms with Gasteiger partial charge in [-0.05, 0) is 42.5 Å². The highest BCUT2D eigenvalue weighted by Gasteiger charge is 2.24. The molecule has 0 fully saturated rings. The van der Waals surface area contributed by atoms with Crippen molar-refractivity contribution < 1.29 is 19.3 Å². The van der Waals surface area contributed by atoms with Crippen LogP contribution in [0.2, 0.25) is 0 Å². The summed E-state index contributed by atoms with van der Waals surface area (Å²) in [4.78, 5) is 24.9. The van der Waals surface area contributed by atoms with Crippen molar-refractivity contribution in [2.24, 2.45) is 10.2 Å². The van der Waals surface area contributed by atoms with E-state index in [2.05, 4.69) is 15.3 Å². The number of benzene rings is 2. The van der Waals surface area contributed by atoms with Crippen LogP contribution in [0, 0.1) is 0 Å². The lowest BCUT2D eigenvalue weighted by atomic mass is 10.3. The van der Waals surface area contributed by atoms with Gasteiger partial charge in [0.1, 0.15) is 0 Å². The molecule has 1 N–H and O–H groups in total. The number of hydrogen-bond donors (Lipinski definition) is 1. The molecule has 0 atom stereocenters. The highest BCUT2D eigenvalue weighted by Crippen LogP contribution is 2.30. The maximum atomic E-state index is 13.1. The van der Waals surface area contributed by atoms with E-state index in [1.165, 1.54) is 14.9 Å². The van der Waals surface area contributed by atoms with E-state index in [4.69, 9.17) is 4.74 Å². The van der Waals surface area contributed by atoms with Crippen LogP contribution in [0.4, 0.5) is 15.6 Å². The minimum atomic E-state index is -0.648. The van der Waals surface area contributed by atoms with E-state index in [0.29, 0.717) is 11.4 Å². The Morgan fingerprint density at radius 3 is 2.29 bits per heavy atom. The predicted octanol–water partition coefficient (Wildman–Crippen LogP) is 3.50. The largest absolute Gasteiger partial charge is 0.629 e. The predicted molar refractivity (Wildman–Crippen MR) is 112 cm³/mol. The zero-order valence-corrected chi connectivity index (χ0v) is 17.1. The Hall–Kier alpha value is -4.12. The second-order valence-electron chi connectivity index (χ2n) is 6.12. The third-order valence-corrected chi connectivity index (χ3v) is 4.83. The van der Waals surface area contributed by atoms with Crippen LogP contribution < -0.4 is 10.2 Å². The molecule has 11 heteroatoms. The van der Waals surface area contributed by atoms with Crippen LogP contribution in [0.5, 0.6) is 5.88 Å². The molecule has 2 aromatic heterocycles. The van der Waals surface area contributed by atoms with Crippen molar-refractivity contribution in [3.05, 3.63) is 76.5 Å². The van der Waals surface area contributed by atoms with E-state index in [1.54, 1.807) is 55.5 Å². The molecular weight excluding hydrogens is 420 g/mol. The van der Waals surface area contributed by atoms with Gasteiger partial charge in [0.15, 0.2) is 0 Å². The Labute approximate surface area is 179 Å². The topological polar surface area (TPSA) is 115 Å². The van der Waals surface area contributed by atoms with Gasteiger partial charge in [-0.3, -0.25) is 4.79 Å². The highest BCUT2D eigenvalue weighted by atomic mass is 32.1. The van der Waals surface area contributed by atoms with Gasteiger partial charge in [0.25, 0.3) is 5.51 Å². The number of nitrogens with zero attached hydrogens (tertiary/aromatic N) is 6. The van der Waals surface area contributed by atoms with Gasteiger partial charge in [0.05, 0.1) is 18.0 Å². The van der Waals surface area contributed by atoms with Crippen molar-refractivity contribution in [2.45, 2.75) is 6.92 Å². The molecule has 2 heterocycles. The number of rotatable bonds is 5. The Kier molecular flexibility index (Phi) is 5.67. The number of para-hydroxylation sites is 2. The smallest absolute Gasteiger partial charge is 0.492 e. The number of azo groups is 1. The van der Waals surface area contributed by atoms with E-state index in [-0.39, 0.29) is 23.3 Å². The van der Waals surface area contributed by atoms with Crippen LogP contribution in [-0.4, -0.2) is 32.3 Å². The van der Waals surface area contributed by atoms with Gasteiger partial charge < -0.3 is 9.84 Å². The molecule has 156 valence electrons. The van der Waals surface area contributed by atoms with Crippen molar-refractivity contribution in [3.63, 3.8) is 0 Å². The lowest BCUT2D eigenvalue weighted by molar-refractivity contribution is -0.641. The molecule has 0 unspecified atom stereocenters. The molecule has 4 aromatic rings. The fourth-order valence-corrected chi connectivity index (χ4v) is 3.37. The molecule has 0 aliphatic rings. The first-order valence-electron chi connectivity index (χ1n) is 9.24. The normalized spacial score (nSPS) is 11.1. The number of hydrogen-bond acceptors (Lipinski definition) is 8. The zero-order valence-electron chi connectivity index (χ0n) is 16.3. The van der Waals surface area contributed by atoms with Crippen molar-refractivity contribution in [1.29, 1.82) is 0 Å². The Morgan fingerprint density at radius 1 is 1.06 bits per heavy atom. The molecule has 0 radical (unpaired) electrons. The first-order valence-corrected chi connectivity index (χ1v) is 10.1. The summed E-state index contributed by atoms with van der Waals surface area (Å²) in [7, 11) is 0. The molecule has 0 spiro atoms. The Bertz CT molecular complexity index is 1290. The summed E-state index contributed by atoms with van der Waals surface area (Å²) < 4.78 is 8.50. The molecular formula is C20H17N6O4S+. The summed E-state index contributed by atoms with van der Waals surface area (Å²) in [6, 6.07) is 17.8. The van der Waals surface area contributed by atoms with E-state index < -0.39 is 11.7 Å². The highest BCUT2D eigenvalue weighted by molar-refractivity contribution is 7.12. The number of ether oxygens (including phenoxy) is 1. The fraction of sp³-hybridized carbons (Fsp3) is 0.100. The number of carbonyl (C=O) groups is 1. The van der Waals surface area contributed by atoms with Gasteiger partial charge in [0, 0.05) is 9.78 Å². The van der Waals surface area contributed by atoms with E-state index in [0.717, 1.165) is 16.0 Å². The second kappa shape index (κ2) is 8.71.